The quantitative estimate of drug-likeness (QED) is 0.636. The van der Waals surface area contributed by atoms with Gasteiger partial charge in [0.15, 0.2) is 0 Å². The number of aromatic nitrogens is 2. The molecule has 1 aromatic heterocycles. The van der Waals surface area contributed by atoms with Crippen LogP contribution in [-0.2, 0) is 9.53 Å². The fourth-order valence-corrected chi connectivity index (χ4v) is 4.03. The van der Waals surface area contributed by atoms with E-state index >= 15 is 0 Å². The number of nitrogens with zero attached hydrogens (tertiary/aromatic N) is 3. The number of imidazole rings is 1. The number of hydrogen-bond donors (Lipinski definition) is 0. The third-order valence-corrected chi connectivity index (χ3v) is 5.41. The SMILES string of the molecule is CCOC(=O)[C@@H]1CCCN(C(=O)c2ccc3c(c2)nc(C)n3-c2ccccc2)C1. The average Bonchev–Trinajstić information content (AvgIpc) is 3.09. The van der Waals surface area contributed by atoms with E-state index in [9.17, 15) is 9.59 Å². The number of fused-ring (bicyclic) bond motifs is 1. The summed E-state index contributed by atoms with van der Waals surface area (Å²) < 4.78 is 7.23. The van der Waals surface area contributed by atoms with Crippen LogP contribution in [0.25, 0.3) is 16.7 Å². The molecule has 6 heteroatoms. The van der Waals surface area contributed by atoms with Crippen LogP contribution in [0.4, 0.5) is 0 Å². The van der Waals surface area contributed by atoms with Gasteiger partial charge in [-0.3, -0.25) is 14.2 Å². The second kappa shape index (κ2) is 8.07. The normalized spacial score (nSPS) is 16.8. The standard InChI is InChI=1S/C23H25N3O3/c1-3-29-23(28)18-8-7-13-25(15-18)22(27)17-11-12-21-20(14-17)24-16(2)26(21)19-9-5-4-6-10-19/h4-6,9-12,14,18H,3,7-8,13,15H2,1-2H3/t18-/m1/s1. The lowest BCUT2D eigenvalue weighted by molar-refractivity contribution is -0.149. The average molecular weight is 391 g/mol. The van der Waals surface area contributed by atoms with Crippen molar-refractivity contribution in [1.82, 2.24) is 14.5 Å². The van der Waals surface area contributed by atoms with E-state index in [1.165, 1.54) is 0 Å². The Labute approximate surface area is 170 Å². The fraction of sp³-hybridized carbons (Fsp3) is 0.348. The topological polar surface area (TPSA) is 64.4 Å². The van der Waals surface area contributed by atoms with Crippen molar-refractivity contribution in [2.75, 3.05) is 19.7 Å². The second-order valence-electron chi connectivity index (χ2n) is 7.38. The number of esters is 1. The summed E-state index contributed by atoms with van der Waals surface area (Å²) in [6, 6.07) is 15.7. The Balaban J connectivity index is 1.60. The highest BCUT2D eigenvalue weighted by Crippen LogP contribution is 2.24. The van der Waals surface area contributed by atoms with Gasteiger partial charge in [-0.2, -0.15) is 0 Å². The molecule has 29 heavy (non-hydrogen) atoms. The second-order valence-corrected chi connectivity index (χ2v) is 7.38. The van der Waals surface area contributed by atoms with Crippen molar-refractivity contribution < 1.29 is 14.3 Å². The van der Waals surface area contributed by atoms with Gasteiger partial charge in [-0.25, -0.2) is 4.98 Å². The van der Waals surface area contributed by atoms with Gasteiger partial charge < -0.3 is 9.64 Å². The van der Waals surface area contributed by atoms with Crippen molar-refractivity contribution in [1.29, 1.82) is 0 Å². The van der Waals surface area contributed by atoms with Gasteiger partial charge in [0.1, 0.15) is 5.82 Å². The van der Waals surface area contributed by atoms with Crippen LogP contribution in [0, 0.1) is 12.8 Å². The van der Waals surface area contributed by atoms with Crippen molar-refractivity contribution in [3.8, 4) is 5.69 Å². The summed E-state index contributed by atoms with van der Waals surface area (Å²) in [5.74, 6) is 0.359. The largest absolute Gasteiger partial charge is 0.466 e. The predicted molar refractivity (Wildman–Crippen MR) is 111 cm³/mol. The molecule has 6 nitrogen and oxygen atoms in total. The summed E-state index contributed by atoms with van der Waals surface area (Å²) in [4.78, 5) is 31.6. The van der Waals surface area contributed by atoms with Crippen LogP contribution in [0.5, 0.6) is 0 Å². The number of rotatable bonds is 4. The number of amides is 1. The summed E-state index contributed by atoms with van der Waals surface area (Å²) in [5.41, 5.74) is 3.39. The lowest BCUT2D eigenvalue weighted by Gasteiger charge is -2.31. The van der Waals surface area contributed by atoms with E-state index in [2.05, 4.69) is 9.55 Å². The van der Waals surface area contributed by atoms with Gasteiger partial charge in [0, 0.05) is 24.3 Å². The van der Waals surface area contributed by atoms with Gasteiger partial charge in [0.2, 0.25) is 0 Å². The zero-order chi connectivity index (χ0) is 20.4. The molecule has 1 aliphatic rings. The minimum absolute atomic E-state index is 0.0622. The Morgan fingerprint density at radius 1 is 1.17 bits per heavy atom. The Bertz CT molecular complexity index is 1040. The Hall–Kier alpha value is -3.15. The van der Waals surface area contributed by atoms with Crippen LogP contribution in [0.15, 0.2) is 48.5 Å². The van der Waals surface area contributed by atoms with Crippen LogP contribution in [0.2, 0.25) is 0 Å². The molecule has 0 N–H and O–H groups in total. The zero-order valence-corrected chi connectivity index (χ0v) is 16.8. The van der Waals surface area contributed by atoms with Crippen molar-refractivity contribution in [2.45, 2.75) is 26.7 Å². The number of piperidine rings is 1. The number of benzene rings is 2. The minimum atomic E-state index is -0.240. The molecule has 1 fully saturated rings. The number of carbonyl (C=O) groups excluding carboxylic acids is 2. The molecule has 0 aliphatic carbocycles. The first-order valence-electron chi connectivity index (χ1n) is 10.1. The molecular formula is C23H25N3O3. The Morgan fingerprint density at radius 2 is 1.97 bits per heavy atom. The third-order valence-electron chi connectivity index (χ3n) is 5.41. The van der Waals surface area contributed by atoms with E-state index in [-0.39, 0.29) is 17.8 Å². The summed E-state index contributed by atoms with van der Waals surface area (Å²) in [7, 11) is 0. The molecule has 0 bridgehead atoms. The van der Waals surface area contributed by atoms with E-state index in [1.807, 2.05) is 55.5 Å². The van der Waals surface area contributed by atoms with Crippen molar-refractivity contribution in [2.24, 2.45) is 5.92 Å². The summed E-state index contributed by atoms with van der Waals surface area (Å²) >= 11 is 0. The molecule has 0 radical (unpaired) electrons. The monoisotopic (exact) mass is 391 g/mol. The van der Waals surface area contributed by atoms with E-state index in [0.29, 0.717) is 25.3 Å². The van der Waals surface area contributed by atoms with Gasteiger partial charge in [-0.05, 0) is 57.0 Å². The number of para-hydroxylation sites is 1. The zero-order valence-electron chi connectivity index (χ0n) is 16.8. The number of aryl methyl sites for hydroxylation is 1. The molecule has 1 saturated heterocycles. The van der Waals surface area contributed by atoms with E-state index in [0.717, 1.165) is 35.4 Å². The van der Waals surface area contributed by atoms with Gasteiger partial charge >= 0.3 is 5.97 Å². The highest BCUT2D eigenvalue weighted by molar-refractivity contribution is 5.98. The van der Waals surface area contributed by atoms with E-state index in [1.54, 1.807) is 11.8 Å². The molecule has 1 amide bonds. The summed E-state index contributed by atoms with van der Waals surface area (Å²) in [6.45, 7) is 5.19. The lowest BCUT2D eigenvalue weighted by Crippen LogP contribution is -2.42. The van der Waals surface area contributed by atoms with Crippen LogP contribution in [-0.4, -0.2) is 46.0 Å². The predicted octanol–water partition coefficient (Wildman–Crippen LogP) is 3.75. The fourth-order valence-electron chi connectivity index (χ4n) is 4.03. The molecule has 0 spiro atoms. The maximum Gasteiger partial charge on any atom is 0.310 e. The highest BCUT2D eigenvalue weighted by atomic mass is 16.5. The van der Waals surface area contributed by atoms with Gasteiger partial charge in [-0.1, -0.05) is 18.2 Å². The maximum atomic E-state index is 13.1. The molecule has 3 aromatic rings. The molecule has 2 heterocycles. The summed E-state index contributed by atoms with van der Waals surface area (Å²) in [5, 5.41) is 0. The molecular weight excluding hydrogens is 366 g/mol. The maximum absolute atomic E-state index is 13.1. The molecule has 0 saturated carbocycles. The highest BCUT2D eigenvalue weighted by Gasteiger charge is 2.30. The van der Waals surface area contributed by atoms with Crippen molar-refractivity contribution >= 4 is 22.9 Å². The first-order valence-corrected chi connectivity index (χ1v) is 10.1. The minimum Gasteiger partial charge on any atom is -0.466 e. The number of hydrogen-bond acceptors (Lipinski definition) is 4. The first-order chi connectivity index (χ1) is 14.1. The number of ether oxygens (including phenoxy) is 1. The lowest BCUT2D eigenvalue weighted by atomic mass is 9.97. The van der Waals surface area contributed by atoms with Gasteiger partial charge in [0.25, 0.3) is 5.91 Å². The van der Waals surface area contributed by atoms with Crippen molar-refractivity contribution in [3.05, 3.63) is 59.9 Å². The molecule has 4 rings (SSSR count). The number of likely N-dealkylation sites (tertiary alicyclic amines) is 1. The molecule has 1 aliphatic heterocycles. The molecule has 2 aromatic carbocycles. The van der Waals surface area contributed by atoms with Crippen LogP contribution < -0.4 is 0 Å². The van der Waals surface area contributed by atoms with Crippen LogP contribution >= 0.6 is 0 Å². The van der Waals surface area contributed by atoms with E-state index < -0.39 is 0 Å². The third kappa shape index (κ3) is 3.75. The van der Waals surface area contributed by atoms with Gasteiger partial charge in [0.05, 0.1) is 23.6 Å². The first kappa shape index (κ1) is 19.2. The Kier molecular flexibility index (Phi) is 5.34. The van der Waals surface area contributed by atoms with Crippen LogP contribution in [0.3, 0.4) is 0 Å². The van der Waals surface area contributed by atoms with Crippen molar-refractivity contribution in [3.63, 3.8) is 0 Å². The smallest absolute Gasteiger partial charge is 0.310 e. The summed E-state index contributed by atoms with van der Waals surface area (Å²) in [6.07, 6.45) is 1.57. The number of carbonyl (C=O) groups is 2. The molecule has 0 unspecified atom stereocenters. The Morgan fingerprint density at radius 3 is 2.72 bits per heavy atom. The molecule has 1 atom stereocenters. The van der Waals surface area contributed by atoms with Gasteiger partial charge in [-0.15, -0.1) is 0 Å². The van der Waals surface area contributed by atoms with Crippen LogP contribution in [0.1, 0.15) is 35.9 Å². The van der Waals surface area contributed by atoms with E-state index in [4.69, 9.17) is 4.74 Å². The molecule has 150 valence electrons.